The second kappa shape index (κ2) is 6.61. The fourth-order valence-corrected chi connectivity index (χ4v) is 2.22. The van der Waals surface area contributed by atoms with Crippen LogP contribution in [0.15, 0.2) is 18.2 Å². The van der Waals surface area contributed by atoms with Crippen LogP contribution < -0.4 is 14.8 Å². The number of rotatable bonds is 5. The van der Waals surface area contributed by atoms with Gasteiger partial charge in [-0.05, 0) is 12.0 Å². The van der Waals surface area contributed by atoms with E-state index in [-0.39, 0.29) is 5.92 Å². The van der Waals surface area contributed by atoms with E-state index in [4.69, 9.17) is 9.47 Å². The van der Waals surface area contributed by atoms with Gasteiger partial charge in [-0.3, -0.25) is 10.1 Å². The molecule has 110 valence electrons. The van der Waals surface area contributed by atoms with E-state index in [1.165, 1.54) is 0 Å². The third-order valence-electron chi connectivity index (χ3n) is 3.30. The van der Waals surface area contributed by atoms with Crippen molar-refractivity contribution in [2.75, 3.05) is 13.2 Å². The largest absolute Gasteiger partial charge is 0.490 e. The Morgan fingerprint density at radius 1 is 1.35 bits per heavy atom. The number of benzene rings is 1. The topological polar surface area (TPSA) is 67.8 Å². The second-order valence-corrected chi connectivity index (χ2v) is 5.24. The Labute approximate surface area is 118 Å². The monoisotopic (exact) mass is 279 g/mol. The van der Waals surface area contributed by atoms with E-state index in [9.17, 15) is 9.90 Å². The minimum atomic E-state index is -0.834. The first-order chi connectivity index (χ1) is 9.59. The molecule has 1 heterocycles. The van der Waals surface area contributed by atoms with E-state index in [1.54, 1.807) is 0 Å². The summed E-state index contributed by atoms with van der Waals surface area (Å²) in [5.41, 5.74) is 0.927. The lowest BCUT2D eigenvalue weighted by Gasteiger charge is -2.19. The number of nitrogens with one attached hydrogen (secondary N) is 1. The SMILES string of the molecule is CC(C)[C@@H](NCc1cccc2c1OCCCO2)C(=O)O. The van der Waals surface area contributed by atoms with E-state index < -0.39 is 12.0 Å². The van der Waals surface area contributed by atoms with Gasteiger partial charge in [0, 0.05) is 18.5 Å². The molecule has 0 saturated heterocycles. The molecule has 2 rings (SSSR count). The van der Waals surface area contributed by atoms with Crippen molar-refractivity contribution in [2.45, 2.75) is 32.9 Å². The molecule has 2 N–H and O–H groups in total. The average molecular weight is 279 g/mol. The number of hydrogen-bond donors (Lipinski definition) is 2. The molecular formula is C15H21NO4. The smallest absolute Gasteiger partial charge is 0.320 e. The third kappa shape index (κ3) is 3.42. The van der Waals surface area contributed by atoms with Gasteiger partial charge in [0.25, 0.3) is 0 Å². The van der Waals surface area contributed by atoms with E-state index in [1.807, 2.05) is 32.0 Å². The van der Waals surface area contributed by atoms with Crippen LogP contribution in [-0.4, -0.2) is 30.3 Å². The van der Waals surface area contributed by atoms with E-state index in [2.05, 4.69) is 5.32 Å². The number of ether oxygens (including phenoxy) is 2. The van der Waals surface area contributed by atoms with Gasteiger partial charge < -0.3 is 14.6 Å². The highest BCUT2D eigenvalue weighted by Gasteiger charge is 2.22. The van der Waals surface area contributed by atoms with Crippen LogP contribution in [0.3, 0.4) is 0 Å². The van der Waals surface area contributed by atoms with Gasteiger partial charge in [-0.15, -0.1) is 0 Å². The molecule has 0 aromatic heterocycles. The van der Waals surface area contributed by atoms with Gasteiger partial charge in [-0.25, -0.2) is 0 Å². The van der Waals surface area contributed by atoms with Crippen molar-refractivity contribution >= 4 is 5.97 Å². The van der Waals surface area contributed by atoms with Crippen molar-refractivity contribution in [1.82, 2.24) is 5.32 Å². The van der Waals surface area contributed by atoms with Crippen molar-refractivity contribution in [2.24, 2.45) is 5.92 Å². The summed E-state index contributed by atoms with van der Waals surface area (Å²) in [5.74, 6) is 0.648. The van der Waals surface area contributed by atoms with Crippen molar-refractivity contribution in [3.63, 3.8) is 0 Å². The highest BCUT2D eigenvalue weighted by atomic mass is 16.5. The molecule has 1 aromatic rings. The zero-order valence-corrected chi connectivity index (χ0v) is 11.9. The lowest BCUT2D eigenvalue weighted by molar-refractivity contribution is -0.140. The lowest BCUT2D eigenvalue weighted by Crippen LogP contribution is -2.40. The number of carbonyl (C=O) groups is 1. The molecule has 0 unspecified atom stereocenters. The molecule has 0 aliphatic carbocycles. The average Bonchev–Trinajstić information content (AvgIpc) is 2.63. The highest BCUT2D eigenvalue weighted by molar-refractivity contribution is 5.73. The van der Waals surface area contributed by atoms with Crippen molar-refractivity contribution in [3.05, 3.63) is 23.8 Å². The molecule has 0 spiro atoms. The summed E-state index contributed by atoms with van der Waals surface area (Å²) >= 11 is 0. The van der Waals surface area contributed by atoms with Gasteiger partial charge in [0.15, 0.2) is 11.5 Å². The molecule has 0 amide bonds. The van der Waals surface area contributed by atoms with Crippen LogP contribution in [0.1, 0.15) is 25.8 Å². The zero-order chi connectivity index (χ0) is 14.5. The van der Waals surface area contributed by atoms with Crippen molar-refractivity contribution in [3.8, 4) is 11.5 Å². The van der Waals surface area contributed by atoms with E-state index in [0.717, 1.165) is 23.5 Å². The molecule has 1 aliphatic rings. The Balaban J connectivity index is 2.11. The molecule has 5 nitrogen and oxygen atoms in total. The molecule has 0 bridgehead atoms. The Morgan fingerprint density at radius 2 is 2.10 bits per heavy atom. The van der Waals surface area contributed by atoms with Crippen molar-refractivity contribution in [1.29, 1.82) is 0 Å². The van der Waals surface area contributed by atoms with Crippen LogP contribution in [0, 0.1) is 5.92 Å². The number of carboxylic acids is 1. The fraction of sp³-hybridized carbons (Fsp3) is 0.533. The summed E-state index contributed by atoms with van der Waals surface area (Å²) in [6.45, 7) is 5.49. The molecule has 1 aromatic carbocycles. The van der Waals surface area contributed by atoms with Crippen LogP contribution in [0.5, 0.6) is 11.5 Å². The molecular weight excluding hydrogens is 258 g/mol. The Bertz CT molecular complexity index is 473. The number of hydrogen-bond acceptors (Lipinski definition) is 4. The highest BCUT2D eigenvalue weighted by Crippen LogP contribution is 2.33. The standard InChI is InChI=1S/C15H21NO4/c1-10(2)13(15(17)18)16-9-11-5-3-6-12-14(11)20-8-4-7-19-12/h3,5-6,10,13,16H,4,7-9H2,1-2H3,(H,17,18)/t13-/m1/s1. The third-order valence-corrected chi connectivity index (χ3v) is 3.30. The molecule has 0 saturated carbocycles. The Kier molecular flexibility index (Phi) is 4.84. The minimum absolute atomic E-state index is 0.0204. The summed E-state index contributed by atoms with van der Waals surface area (Å²) in [4.78, 5) is 11.2. The first-order valence-electron chi connectivity index (χ1n) is 6.93. The molecule has 0 fully saturated rings. The quantitative estimate of drug-likeness (QED) is 0.863. The minimum Gasteiger partial charge on any atom is -0.490 e. The Morgan fingerprint density at radius 3 is 2.80 bits per heavy atom. The predicted molar refractivity (Wildman–Crippen MR) is 75.2 cm³/mol. The van der Waals surface area contributed by atoms with Gasteiger partial charge in [-0.2, -0.15) is 0 Å². The predicted octanol–water partition coefficient (Wildman–Crippen LogP) is 2.05. The first kappa shape index (κ1) is 14.7. The molecule has 1 aliphatic heterocycles. The van der Waals surface area contributed by atoms with Gasteiger partial charge in [0.2, 0.25) is 0 Å². The second-order valence-electron chi connectivity index (χ2n) is 5.24. The lowest BCUT2D eigenvalue weighted by atomic mass is 10.0. The maximum atomic E-state index is 11.2. The number of carboxylic acid groups (broad SMARTS) is 1. The maximum absolute atomic E-state index is 11.2. The Hall–Kier alpha value is -1.75. The van der Waals surface area contributed by atoms with Crippen LogP contribution >= 0.6 is 0 Å². The normalized spacial score (nSPS) is 15.8. The fourth-order valence-electron chi connectivity index (χ4n) is 2.22. The van der Waals surface area contributed by atoms with Gasteiger partial charge in [-0.1, -0.05) is 26.0 Å². The van der Waals surface area contributed by atoms with E-state index >= 15 is 0 Å². The summed E-state index contributed by atoms with van der Waals surface area (Å²) in [6, 6.07) is 5.13. The van der Waals surface area contributed by atoms with Crippen LogP contribution in [0.4, 0.5) is 0 Å². The number of aliphatic carboxylic acids is 1. The first-order valence-corrected chi connectivity index (χ1v) is 6.93. The molecule has 5 heteroatoms. The molecule has 20 heavy (non-hydrogen) atoms. The summed E-state index contributed by atoms with van der Waals surface area (Å²) in [6.07, 6.45) is 0.852. The maximum Gasteiger partial charge on any atom is 0.320 e. The number of fused-ring (bicyclic) bond motifs is 1. The van der Waals surface area contributed by atoms with Crippen molar-refractivity contribution < 1.29 is 19.4 Å². The molecule has 1 atom stereocenters. The van der Waals surface area contributed by atoms with E-state index in [0.29, 0.717) is 19.8 Å². The summed E-state index contributed by atoms with van der Waals surface area (Å²) in [5, 5.41) is 12.3. The van der Waals surface area contributed by atoms with Crippen LogP contribution in [-0.2, 0) is 11.3 Å². The van der Waals surface area contributed by atoms with Gasteiger partial charge in [0.1, 0.15) is 6.04 Å². The number of para-hydroxylation sites is 1. The van der Waals surface area contributed by atoms with Crippen LogP contribution in [0.2, 0.25) is 0 Å². The van der Waals surface area contributed by atoms with Gasteiger partial charge in [0.05, 0.1) is 13.2 Å². The van der Waals surface area contributed by atoms with Crippen LogP contribution in [0.25, 0.3) is 0 Å². The summed E-state index contributed by atoms with van der Waals surface area (Å²) < 4.78 is 11.3. The zero-order valence-electron chi connectivity index (χ0n) is 11.9. The molecule has 0 radical (unpaired) electrons. The summed E-state index contributed by atoms with van der Waals surface area (Å²) in [7, 11) is 0. The van der Waals surface area contributed by atoms with Gasteiger partial charge >= 0.3 is 5.97 Å².